The number of ether oxygens (including phenoxy) is 2. The summed E-state index contributed by atoms with van der Waals surface area (Å²) in [5, 5.41) is 3.65. The van der Waals surface area contributed by atoms with Crippen molar-refractivity contribution in [1.29, 1.82) is 0 Å². The van der Waals surface area contributed by atoms with Crippen LogP contribution in [0.1, 0.15) is 57.6 Å². The molecule has 1 aromatic rings. The van der Waals surface area contributed by atoms with Crippen LogP contribution in [0.15, 0.2) is 18.2 Å². The number of nitrogens with one attached hydrogen (secondary N) is 1. The predicted octanol–water partition coefficient (Wildman–Crippen LogP) is 4.08. The molecule has 21 heavy (non-hydrogen) atoms. The summed E-state index contributed by atoms with van der Waals surface area (Å²) in [6.07, 6.45) is 6.09. The summed E-state index contributed by atoms with van der Waals surface area (Å²) >= 11 is 0. The third kappa shape index (κ3) is 2.52. The van der Waals surface area contributed by atoms with Crippen LogP contribution in [0.25, 0.3) is 0 Å². The first-order chi connectivity index (χ1) is 10.2. The molecule has 3 atom stereocenters. The first-order valence-corrected chi connectivity index (χ1v) is 8.32. The van der Waals surface area contributed by atoms with Gasteiger partial charge in [-0.15, -0.1) is 0 Å². The van der Waals surface area contributed by atoms with E-state index in [-0.39, 0.29) is 5.60 Å². The number of hydrogen-bond acceptors (Lipinski definition) is 3. The molecule has 1 fully saturated rings. The number of hydrogen-bond donors (Lipinski definition) is 1. The van der Waals surface area contributed by atoms with Crippen molar-refractivity contribution in [3.63, 3.8) is 0 Å². The van der Waals surface area contributed by atoms with Crippen molar-refractivity contribution in [2.24, 2.45) is 5.92 Å². The van der Waals surface area contributed by atoms with Crippen molar-refractivity contribution in [2.75, 3.05) is 13.7 Å². The van der Waals surface area contributed by atoms with Gasteiger partial charge in [-0.05, 0) is 56.3 Å². The molecule has 3 heteroatoms. The molecule has 1 aliphatic carbocycles. The van der Waals surface area contributed by atoms with Crippen LogP contribution in [0.3, 0.4) is 0 Å². The Hall–Kier alpha value is -1.22. The molecule has 0 bridgehead atoms. The van der Waals surface area contributed by atoms with E-state index < -0.39 is 0 Å². The molecule has 116 valence electrons. The normalized spacial score (nSPS) is 31.0. The van der Waals surface area contributed by atoms with Gasteiger partial charge in [-0.3, -0.25) is 0 Å². The SMILES string of the molecule is CCNC1CC2(CCCC2CC)Oc2ccc(OC)cc21. The van der Waals surface area contributed by atoms with Crippen molar-refractivity contribution in [3.8, 4) is 11.5 Å². The van der Waals surface area contributed by atoms with Gasteiger partial charge in [0.1, 0.15) is 17.1 Å². The molecule has 3 rings (SSSR count). The minimum Gasteiger partial charge on any atom is -0.497 e. The highest BCUT2D eigenvalue weighted by Crippen LogP contribution is 2.51. The second-order valence-electron chi connectivity index (χ2n) is 6.38. The van der Waals surface area contributed by atoms with Gasteiger partial charge in [-0.25, -0.2) is 0 Å². The maximum absolute atomic E-state index is 6.56. The molecule has 1 aliphatic heterocycles. The van der Waals surface area contributed by atoms with Gasteiger partial charge in [0.2, 0.25) is 0 Å². The molecule has 3 nitrogen and oxygen atoms in total. The minimum atomic E-state index is 0.0448. The van der Waals surface area contributed by atoms with Crippen LogP contribution in [0, 0.1) is 5.92 Å². The Labute approximate surface area is 128 Å². The fourth-order valence-corrected chi connectivity index (χ4v) is 4.26. The van der Waals surface area contributed by atoms with Crippen LogP contribution in [0.4, 0.5) is 0 Å². The Bertz CT molecular complexity index is 502. The fourth-order valence-electron chi connectivity index (χ4n) is 4.26. The van der Waals surface area contributed by atoms with Gasteiger partial charge in [0.25, 0.3) is 0 Å². The number of rotatable bonds is 4. The Morgan fingerprint density at radius 3 is 2.95 bits per heavy atom. The van der Waals surface area contributed by atoms with E-state index in [4.69, 9.17) is 9.47 Å². The van der Waals surface area contributed by atoms with Crippen LogP contribution in [-0.4, -0.2) is 19.3 Å². The van der Waals surface area contributed by atoms with Gasteiger partial charge >= 0.3 is 0 Å². The summed E-state index contributed by atoms with van der Waals surface area (Å²) in [6.45, 7) is 5.45. The monoisotopic (exact) mass is 289 g/mol. The minimum absolute atomic E-state index is 0.0448. The molecule has 0 amide bonds. The van der Waals surface area contributed by atoms with E-state index in [1.807, 2.05) is 6.07 Å². The van der Waals surface area contributed by atoms with E-state index in [9.17, 15) is 0 Å². The summed E-state index contributed by atoms with van der Waals surface area (Å²) in [7, 11) is 1.72. The maximum Gasteiger partial charge on any atom is 0.125 e. The second kappa shape index (κ2) is 5.88. The highest BCUT2D eigenvalue weighted by atomic mass is 16.5. The van der Waals surface area contributed by atoms with Crippen LogP contribution in [-0.2, 0) is 0 Å². The first-order valence-electron chi connectivity index (χ1n) is 8.32. The van der Waals surface area contributed by atoms with Crippen LogP contribution in [0.5, 0.6) is 11.5 Å². The van der Waals surface area contributed by atoms with E-state index in [2.05, 4.69) is 31.3 Å². The summed E-state index contributed by atoms with van der Waals surface area (Å²) in [6, 6.07) is 6.60. The van der Waals surface area contributed by atoms with E-state index in [1.54, 1.807) is 7.11 Å². The molecule has 1 heterocycles. The lowest BCUT2D eigenvalue weighted by atomic mass is 9.79. The number of benzene rings is 1. The van der Waals surface area contributed by atoms with Gasteiger partial charge in [-0.1, -0.05) is 13.8 Å². The first kappa shape index (κ1) is 14.7. The van der Waals surface area contributed by atoms with Crippen molar-refractivity contribution < 1.29 is 9.47 Å². The lowest BCUT2D eigenvalue weighted by Crippen LogP contribution is -2.46. The lowest BCUT2D eigenvalue weighted by Gasteiger charge is -2.44. The quantitative estimate of drug-likeness (QED) is 0.906. The van der Waals surface area contributed by atoms with E-state index >= 15 is 0 Å². The van der Waals surface area contributed by atoms with Crippen molar-refractivity contribution >= 4 is 0 Å². The molecule has 0 aromatic heterocycles. The molecule has 1 spiro atoms. The molecule has 0 saturated heterocycles. The lowest BCUT2D eigenvalue weighted by molar-refractivity contribution is -0.00546. The van der Waals surface area contributed by atoms with Crippen LogP contribution >= 0.6 is 0 Å². The summed E-state index contributed by atoms with van der Waals surface area (Å²) < 4.78 is 11.9. The maximum atomic E-state index is 6.56. The highest BCUT2D eigenvalue weighted by Gasteiger charge is 2.48. The zero-order valence-electron chi connectivity index (χ0n) is 13.4. The van der Waals surface area contributed by atoms with E-state index in [0.717, 1.165) is 24.5 Å². The average Bonchev–Trinajstić information content (AvgIpc) is 2.89. The third-order valence-corrected chi connectivity index (χ3v) is 5.30. The van der Waals surface area contributed by atoms with E-state index in [1.165, 1.54) is 31.2 Å². The largest absolute Gasteiger partial charge is 0.497 e. The molecule has 3 unspecified atom stereocenters. The summed E-state index contributed by atoms with van der Waals surface area (Å²) in [5.41, 5.74) is 1.30. The molecule has 1 saturated carbocycles. The summed E-state index contributed by atoms with van der Waals surface area (Å²) in [4.78, 5) is 0. The summed E-state index contributed by atoms with van der Waals surface area (Å²) in [5.74, 6) is 2.65. The second-order valence-corrected chi connectivity index (χ2v) is 6.38. The van der Waals surface area contributed by atoms with Gasteiger partial charge < -0.3 is 14.8 Å². The smallest absolute Gasteiger partial charge is 0.125 e. The van der Waals surface area contributed by atoms with Gasteiger partial charge in [0, 0.05) is 18.0 Å². The molecular weight excluding hydrogens is 262 g/mol. The van der Waals surface area contributed by atoms with Gasteiger partial charge in [0.15, 0.2) is 0 Å². The topological polar surface area (TPSA) is 30.5 Å². The Balaban J connectivity index is 1.97. The third-order valence-electron chi connectivity index (χ3n) is 5.30. The molecule has 0 radical (unpaired) electrons. The van der Waals surface area contributed by atoms with Crippen molar-refractivity contribution in [1.82, 2.24) is 5.32 Å². The standard InChI is InChI=1S/C18H27NO2/c1-4-13-7-6-10-18(13)12-16(19-5-2)15-11-14(20-3)8-9-17(15)21-18/h8-9,11,13,16,19H,4-7,10,12H2,1-3H3. The Morgan fingerprint density at radius 1 is 1.38 bits per heavy atom. The molecule has 2 aliphatic rings. The predicted molar refractivity (Wildman–Crippen MR) is 85.0 cm³/mol. The van der Waals surface area contributed by atoms with Crippen molar-refractivity contribution in [2.45, 2.75) is 57.6 Å². The Kier molecular flexibility index (Phi) is 4.12. The van der Waals surface area contributed by atoms with Crippen molar-refractivity contribution in [3.05, 3.63) is 23.8 Å². The molecule has 1 aromatic carbocycles. The Morgan fingerprint density at radius 2 is 2.24 bits per heavy atom. The van der Waals surface area contributed by atoms with E-state index in [0.29, 0.717) is 12.0 Å². The van der Waals surface area contributed by atoms with Gasteiger partial charge in [-0.2, -0.15) is 0 Å². The highest BCUT2D eigenvalue weighted by molar-refractivity contribution is 5.44. The zero-order chi connectivity index (χ0) is 14.9. The fraction of sp³-hybridized carbons (Fsp3) is 0.667. The van der Waals surface area contributed by atoms with Gasteiger partial charge in [0.05, 0.1) is 7.11 Å². The van der Waals surface area contributed by atoms with Crippen LogP contribution < -0.4 is 14.8 Å². The number of methoxy groups -OCH3 is 1. The molecular formula is C18H27NO2. The average molecular weight is 289 g/mol. The van der Waals surface area contributed by atoms with Crippen LogP contribution in [0.2, 0.25) is 0 Å². The number of fused-ring (bicyclic) bond motifs is 1. The molecule has 1 N–H and O–H groups in total. The zero-order valence-corrected chi connectivity index (χ0v) is 13.4.